The monoisotopic (exact) mass is 615 g/mol. The predicted molar refractivity (Wildman–Crippen MR) is 190 cm³/mol. The molecule has 0 atom stereocenters. The molecule has 4 heterocycles. The number of aromatic nitrogens is 3. The molecular weight excluding hydrogens is 594 g/mol. The molecule has 6 heteroatoms. The molecule has 4 aromatic heterocycles. The van der Waals surface area contributed by atoms with Crippen LogP contribution in [-0.4, -0.2) is 14.5 Å². The van der Waals surface area contributed by atoms with E-state index in [4.69, 9.17) is 9.97 Å². The van der Waals surface area contributed by atoms with Gasteiger partial charge in [-0.2, -0.15) is 0 Å². The van der Waals surface area contributed by atoms with Crippen molar-refractivity contribution in [3.8, 4) is 17.1 Å². The van der Waals surface area contributed by atoms with E-state index in [0.717, 1.165) is 53.8 Å². The molecule has 45 heavy (non-hydrogen) atoms. The van der Waals surface area contributed by atoms with Crippen LogP contribution in [0.25, 0.3) is 90.3 Å². The van der Waals surface area contributed by atoms with Gasteiger partial charge in [-0.15, -0.1) is 22.7 Å². The second-order valence-electron chi connectivity index (χ2n) is 11.6. The average molecular weight is 616 g/mol. The Hall–Kier alpha value is -5.17. The third-order valence-corrected chi connectivity index (χ3v) is 11.3. The maximum atomic E-state index is 14.8. The van der Waals surface area contributed by atoms with Gasteiger partial charge in [0.2, 0.25) is 0 Å². The molecule has 0 aliphatic rings. The molecule has 10 rings (SSSR count). The van der Waals surface area contributed by atoms with E-state index in [1.54, 1.807) is 17.4 Å². The van der Waals surface area contributed by atoms with Crippen LogP contribution in [-0.2, 0) is 0 Å². The number of aryl methyl sites for hydroxylation is 1. The summed E-state index contributed by atoms with van der Waals surface area (Å²) < 4.78 is 20.8. The quantitative estimate of drug-likeness (QED) is 0.194. The van der Waals surface area contributed by atoms with Crippen molar-refractivity contribution in [1.29, 1.82) is 0 Å². The largest absolute Gasteiger partial charge is 0.291 e. The lowest BCUT2D eigenvalue weighted by Crippen LogP contribution is -1.98. The molecule has 0 aliphatic heterocycles. The highest BCUT2D eigenvalue weighted by atomic mass is 32.1. The lowest BCUT2D eigenvalue weighted by atomic mass is 10.1. The van der Waals surface area contributed by atoms with Crippen LogP contribution in [0.15, 0.2) is 115 Å². The highest BCUT2D eigenvalue weighted by Gasteiger charge is 2.22. The second-order valence-corrected chi connectivity index (χ2v) is 13.6. The summed E-state index contributed by atoms with van der Waals surface area (Å²) in [5.74, 6) is 0.633. The van der Waals surface area contributed by atoms with Crippen LogP contribution in [0, 0.1) is 12.7 Å². The highest BCUT2D eigenvalue weighted by molar-refractivity contribution is 7.26. The number of hydrogen-bond donors (Lipinski definition) is 0. The summed E-state index contributed by atoms with van der Waals surface area (Å²) in [5.41, 5.74) is 6.10. The van der Waals surface area contributed by atoms with Gasteiger partial charge in [0.15, 0.2) is 0 Å². The van der Waals surface area contributed by atoms with Crippen LogP contribution >= 0.6 is 22.7 Å². The molecule has 0 saturated heterocycles. The van der Waals surface area contributed by atoms with Crippen molar-refractivity contribution < 1.29 is 4.39 Å². The van der Waals surface area contributed by atoms with Crippen molar-refractivity contribution in [1.82, 2.24) is 14.5 Å². The number of benzene rings is 6. The van der Waals surface area contributed by atoms with Gasteiger partial charge < -0.3 is 0 Å². The van der Waals surface area contributed by atoms with E-state index in [9.17, 15) is 4.39 Å². The summed E-state index contributed by atoms with van der Waals surface area (Å²) in [6.07, 6.45) is 0. The SMILES string of the molecule is Cc1ccc(-n2c(-c3cccc4c3sc3nc5cccc(F)c5cc34)nc3cc4ccccc4cc32)c2sc3ccccc3c12. The van der Waals surface area contributed by atoms with Crippen molar-refractivity contribution in [3.05, 3.63) is 127 Å². The molecule has 0 saturated carbocycles. The normalized spacial score (nSPS) is 12.2. The Balaban J connectivity index is 1.35. The van der Waals surface area contributed by atoms with E-state index in [-0.39, 0.29) is 5.82 Å². The molecule has 0 N–H and O–H groups in total. The van der Waals surface area contributed by atoms with E-state index >= 15 is 0 Å². The second kappa shape index (κ2) is 9.17. The molecule has 0 unspecified atom stereocenters. The smallest absolute Gasteiger partial charge is 0.147 e. The number of thiophene rings is 2. The van der Waals surface area contributed by atoms with Gasteiger partial charge >= 0.3 is 0 Å². The zero-order chi connectivity index (χ0) is 29.8. The highest BCUT2D eigenvalue weighted by Crippen LogP contribution is 2.45. The summed E-state index contributed by atoms with van der Waals surface area (Å²) in [7, 11) is 0. The van der Waals surface area contributed by atoms with Gasteiger partial charge in [0, 0.05) is 41.9 Å². The minimum absolute atomic E-state index is 0.252. The molecule has 6 aromatic carbocycles. The van der Waals surface area contributed by atoms with Crippen LogP contribution in [0.4, 0.5) is 4.39 Å². The Morgan fingerprint density at radius 3 is 2.33 bits per heavy atom. The van der Waals surface area contributed by atoms with Crippen LogP contribution in [0.2, 0.25) is 0 Å². The van der Waals surface area contributed by atoms with Gasteiger partial charge in [-0.3, -0.25) is 4.57 Å². The number of halogens is 1. The Morgan fingerprint density at radius 2 is 1.42 bits per heavy atom. The van der Waals surface area contributed by atoms with E-state index in [1.807, 2.05) is 23.5 Å². The topological polar surface area (TPSA) is 30.7 Å². The van der Waals surface area contributed by atoms with Gasteiger partial charge in [-0.1, -0.05) is 66.7 Å². The van der Waals surface area contributed by atoms with E-state index in [1.165, 1.54) is 37.2 Å². The van der Waals surface area contributed by atoms with Crippen molar-refractivity contribution in [2.24, 2.45) is 0 Å². The van der Waals surface area contributed by atoms with Crippen LogP contribution < -0.4 is 0 Å². The van der Waals surface area contributed by atoms with Gasteiger partial charge in [-0.05, 0) is 71.8 Å². The molecule has 0 spiro atoms. The fraction of sp³-hybridized carbons (Fsp3) is 0.0256. The Bertz CT molecular complexity index is 2860. The summed E-state index contributed by atoms with van der Waals surface area (Å²) in [6.45, 7) is 2.20. The van der Waals surface area contributed by atoms with E-state index in [0.29, 0.717) is 10.9 Å². The number of hydrogen-bond acceptors (Lipinski definition) is 4. The summed E-state index contributed by atoms with van der Waals surface area (Å²) in [5, 5.41) is 7.48. The van der Waals surface area contributed by atoms with Crippen molar-refractivity contribution in [3.63, 3.8) is 0 Å². The standard InChI is InChI=1S/C39H22FN3S2/c1-21-16-17-32(37-35(21)25-10-4-5-15-34(25)44-37)43-33-19-23-9-3-2-8-22(23)18-31(33)41-38(43)26-12-6-11-24-27-20-28-29(40)13-7-14-30(28)42-39(27)45-36(24)26/h2-20H,1H3. The Morgan fingerprint density at radius 1 is 0.622 bits per heavy atom. The summed E-state index contributed by atoms with van der Waals surface area (Å²) in [6, 6.07) is 39.5. The van der Waals surface area contributed by atoms with Crippen LogP contribution in [0.3, 0.4) is 0 Å². The van der Waals surface area contributed by atoms with Crippen molar-refractivity contribution in [2.75, 3.05) is 0 Å². The fourth-order valence-corrected chi connectivity index (χ4v) is 9.35. The number of rotatable bonds is 2. The van der Waals surface area contributed by atoms with Gasteiger partial charge in [-0.25, -0.2) is 14.4 Å². The average Bonchev–Trinajstić information content (AvgIpc) is 3.75. The van der Waals surface area contributed by atoms with Crippen LogP contribution in [0.5, 0.6) is 0 Å². The maximum absolute atomic E-state index is 14.8. The molecule has 0 bridgehead atoms. The van der Waals surface area contributed by atoms with Crippen molar-refractivity contribution in [2.45, 2.75) is 6.92 Å². The predicted octanol–water partition coefficient (Wildman–Crippen LogP) is 11.6. The number of nitrogens with zero attached hydrogens (tertiary/aromatic N) is 3. The lowest BCUT2D eigenvalue weighted by Gasteiger charge is -2.13. The molecule has 3 nitrogen and oxygen atoms in total. The number of imidazole rings is 1. The first-order valence-electron chi connectivity index (χ1n) is 14.9. The zero-order valence-electron chi connectivity index (χ0n) is 24.0. The Kier molecular flexibility index (Phi) is 5.13. The Labute approximate surface area is 264 Å². The molecule has 0 aliphatic carbocycles. The molecule has 212 valence electrons. The van der Waals surface area contributed by atoms with E-state index in [2.05, 4.69) is 102 Å². The minimum atomic E-state index is -0.252. The molecule has 10 aromatic rings. The third-order valence-electron chi connectivity index (χ3n) is 8.99. The molecular formula is C39H22FN3S2. The first-order chi connectivity index (χ1) is 22.1. The number of fused-ring (bicyclic) bond motifs is 9. The minimum Gasteiger partial charge on any atom is -0.291 e. The lowest BCUT2D eigenvalue weighted by molar-refractivity contribution is 0.640. The summed E-state index contributed by atoms with van der Waals surface area (Å²) in [4.78, 5) is 11.2. The zero-order valence-corrected chi connectivity index (χ0v) is 25.6. The molecule has 0 radical (unpaired) electrons. The third kappa shape index (κ3) is 3.55. The van der Waals surface area contributed by atoms with E-state index < -0.39 is 0 Å². The van der Waals surface area contributed by atoms with Crippen molar-refractivity contribution >= 4 is 95.9 Å². The van der Waals surface area contributed by atoms with Gasteiger partial charge in [0.25, 0.3) is 0 Å². The maximum Gasteiger partial charge on any atom is 0.147 e. The first kappa shape index (κ1) is 25.2. The van der Waals surface area contributed by atoms with Crippen LogP contribution in [0.1, 0.15) is 5.56 Å². The molecule has 0 amide bonds. The fourth-order valence-electron chi connectivity index (χ4n) is 6.89. The molecule has 0 fully saturated rings. The number of pyridine rings is 1. The van der Waals surface area contributed by atoms with Gasteiger partial charge in [0.1, 0.15) is 16.5 Å². The summed E-state index contributed by atoms with van der Waals surface area (Å²) >= 11 is 3.48. The first-order valence-corrected chi connectivity index (χ1v) is 16.5. The van der Waals surface area contributed by atoms with Gasteiger partial charge in [0.05, 0.1) is 26.9 Å².